The molecule has 23 heavy (non-hydrogen) atoms. The van der Waals surface area contributed by atoms with Crippen LogP contribution in [0.3, 0.4) is 0 Å². The maximum Gasteiger partial charge on any atom is 0.250 e. The molecular weight excluding hydrogens is 292 g/mol. The zero-order chi connectivity index (χ0) is 17.3. The summed E-state index contributed by atoms with van der Waals surface area (Å²) in [6.07, 6.45) is 1.91. The second kappa shape index (κ2) is 9.35. The van der Waals surface area contributed by atoms with Crippen molar-refractivity contribution >= 4 is 5.96 Å². The first kappa shape index (κ1) is 19.2. The first-order chi connectivity index (χ1) is 10.9. The number of aliphatic imine (C=N–C) groups is 1. The van der Waals surface area contributed by atoms with Gasteiger partial charge < -0.3 is 19.9 Å². The first-order valence-corrected chi connectivity index (χ1v) is 8.06. The zero-order valence-corrected chi connectivity index (χ0v) is 15.0. The van der Waals surface area contributed by atoms with Crippen LogP contribution in [0.25, 0.3) is 0 Å². The number of aromatic nitrogens is 1. The molecule has 2 N–H and O–H groups in total. The van der Waals surface area contributed by atoms with Crippen LogP contribution in [0.5, 0.6) is 0 Å². The Morgan fingerprint density at radius 2 is 2.04 bits per heavy atom. The SMILES string of the molecule is CN=C(NCCCCn1c(C)cccc1=O)NCC(C)(C)OC. The van der Waals surface area contributed by atoms with Gasteiger partial charge in [-0.15, -0.1) is 0 Å². The number of hydrogen-bond acceptors (Lipinski definition) is 3. The van der Waals surface area contributed by atoms with Gasteiger partial charge in [0.15, 0.2) is 5.96 Å². The number of ether oxygens (including phenoxy) is 1. The van der Waals surface area contributed by atoms with Crippen LogP contribution >= 0.6 is 0 Å². The molecule has 0 spiro atoms. The van der Waals surface area contributed by atoms with Crippen molar-refractivity contribution in [2.45, 2.75) is 45.8 Å². The molecule has 0 saturated carbocycles. The molecule has 0 unspecified atom stereocenters. The summed E-state index contributed by atoms with van der Waals surface area (Å²) in [7, 11) is 3.45. The molecule has 0 fully saturated rings. The average molecular weight is 322 g/mol. The number of hydrogen-bond donors (Lipinski definition) is 2. The van der Waals surface area contributed by atoms with E-state index in [0.29, 0.717) is 6.54 Å². The lowest BCUT2D eigenvalue weighted by molar-refractivity contribution is 0.0268. The minimum absolute atomic E-state index is 0.0669. The number of rotatable bonds is 8. The van der Waals surface area contributed by atoms with Crippen LogP contribution < -0.4 is 16.2 Å². The van der Waals surface area contributed by atoms with Crippen molar-refractivity contribution in [1.82, 2.24) is 15.2 Å². The van der Waals surface area contributed by atoms with Gasteiger partial charge in [-0.25, -0.2) is 0 Å². The quantitative estimate of drug-likeness (QED) is 0.433. The lowest BCUT2D eigenvalue weighted by Gasteiger charge is -2.24. The van der Waals surface area contributed by atoms with Crippen LogP contribution in [0.4, 0.5) is 0 Å². The number of guanidine groups is 1. The minimum atomic E-state index is -0.233. The highest BCUT2D eigenvalue weighted by Crippen LogP contribution is 2.04. The van der Waals surface area contributed by atoms with E-state index in [1.54, 1.807) is 26.3 Å². The molecule has 1 rings (SSSR count). The zero-order valence-electron chi connectivity index (χ0n) is 15.0. The Hall–Kier alpha value is -1.82. The molecule has 6 nitrogen and oxygen atoms in total. The molecule has 0 bridgehead atoms. The second-order valence-electron chi connectivity index (χ2n) is 6.18. The fourth-order valence-corrected chi connectivity index (χ4v) is 2.10. The number of nitrogens with zero attached hydrogens (tertiary/aromatic N) is 2. The Labute approximate surface area is 139 Å². The average Bonchev–Trinajstić information content (AvgIpc) is 2.52. The van der Waals surface area contributed by atoms with Gasteiger partial charge in [0.2, 0.25) is 0 Å². The Morgan fingerprint density at radius 3 is 2.65 bits per heavy atom. The van der Waals surface area contributed by atoms with Crippen molar-refractivity contribution in [3.05, 3.63) is 34.2 Å². The van der Waals surface area contributed by atoms with Crippen LogP contribution in [0.15, 0.2) is 28.0 Å². The van der Waals surface area contributed by atoms with Crippen LogP contribution in [-0.2, 0) is 11.3 Å². The molecule has 0 saturated heterocycles. The smallest absolute Gasteiger partial charge is 0.250 e. The molecule has 0 aliphatic carbocycles. The fraction of sp³-hybridized carbons (Fsp3) is 0.647. The summed E-state index contributed by atoms with van der Waals surface area (Å²) >= 11 is 0. The van der Waals surface area contributed by atoms with Crippen molar-refractivity contribution in [3.8, 4) is 0 Å². The van der Waals surface area contributed by atoms with E-state index >= 15 is 0 Å². The molecule has 0 aromatic carbocycles. The van der Waals surface area contributed by atoms with Gasteiger partial charge in [0.1, 0.15) is 0 Å². The number of unbranched alkanes of at least 4 members (excludes halogenated alkanes) is 1. The predicted octanol–water partition coefficient (Wildman–Crippen LogP) is 1.53. The van der Waals surface area contributed by atoms with Crippen molar-refractivity contribution in [2.24, 2.45) is 4.99 Å². The molecule has 1 aromatic heterocycles. The summed E-state index contributed by atoms with van der Waals surface area (Å²) in [6.45, 7) is 8.24. The highest BCUT2D eigenvalue weighted by molar-refractivity contribution is 5.79. The van der Waals surface area contributed by atoms with Gasteiger partial charge in [-0.1, -0.05) is 6.07 Å². The van der Waals surface area contributed by atoms with Gasteiger partial charge in [-0.2, -0.15) is 0 Å². The van der Waals surface area contributed by atoms with Gasteiger partial charge in [0, 0.05) is 45.6 Å². The number of aryl methyl sites for hydroxylation is 1. The van der Waals surface area contributed by atoms with Crippen molar-refractivity contribution in [3.63, 3.8) is 0 Å². The highest BCUT2D eigenvalue weighted by atomic mass is 16.5. The van der Waals surface area contributed by atoms with Crippen LogP contribution in [0.2, 0.25) is 0 Å². The lowest BCUT2D eigenvalue weighted by Crippen LogP contribution is -2.45. The molecule has 0 radical (unpaired) electrons. The van der Waals surface area contributed by atoms with E-state index < -0.39 is 0 Å². The van der Waals surface area contributed by atoms with Gasteiger partial charge in [0.25, 0.3) is 5.56 Å². The standard InChI is InChI=1S/C17H30N4O2/c1-14-9-8-10-15(22)21(14)12-7-6-11-19-16(18-4)20-13-17(2,3)23-5/h8-10H,6-7,11-13H2,1-5H3,(H2,18,19,20). The molecule has 1 aromatic rings. The molecule has 1 heterocycles. The molecule has 0 aliphatic rings. The Kier molecular flexibility index (Phi) is 7.81. The summed E-state index contributed by atoms with van der Waals surface area (Å²) in [5, 5.41) is 6.52. The van der Waals surface area contributed by atoms with Gasteiger partial charge in [0.05, 0.1) is 5.60 Å². The topological polar surface area (TPSA) is 67.7 Å². The van der Waals surface area contributed by atoms with Crippen molar-refractivity contribution in [1.29, 1.82) is 0 Å². The summed E-state index contributed by atoms with van der Waals surface area (Å²) in [4.78, 5) is 16.0. The van der Waals surface area contributed by atoms with Crippen molar-refractivity contribution in [2.75, 3.05) is 27.2 Å². The molecule has 0 atom stereocenters. The van der Waals surface area contributed by atoms with E-state index in [1.807, 2.05) is 31.4 Å². The van der Waals surface area contributed by atoms with E-state index in [0.717, 1.165) is 37.6 Å². The van der Waals surface area contributed by atoms with E-state index in [9.17, 15) is 4.79 Å². The third kappa shape index (κ3) is 6.86. The lowest BCUT2D eigenvalue weighted by atomic mass is 10.1. The molecule has 130 valence electrons. The normalized spacial score (nSPS) is 12.3. The van der Waals surface area contributed by atoms with Gasteiger partial charge >= 0.3 is 0 Å². The molecule has 0 amide bonds. The van der Waals surface area contributed by atoms with Crippen LogP contribution in [-0.4, -0.2) is 43.4 Å². The van der Waals surface area contributed by atoms with Crippen molar-refractivity contribution < 1.29 is 4.74 Å². The van der Waals surface area contributed by atoms with E-state index in [-0.39, 0.29) is 11.2 Å². The summed E-state index contributed by atoms with van der Waals surface area (Å²) < 4.78 is 7.18. The predicted molar refractivity (Wildman–Crippen MR) is 95.1 cm³/mol. The van der Waals surface area contributed by atoms with E-state index in [2.05, 4.69) is 15.6 Å². The maximum absolute atomic E-state index is 11.8. The number of pyridine rings is 1. The second-order valence-corrected chi connectivity index (χ2v) is 6.18. The van der Waals surface area contributed by atoms with Gasteiger partial charge in [-0.05, 0) is 39.7 Å². The minimum Gasteiger partial charge on any atom is -0.377 e. The first-order valence-electron chi connectivity index (χ1n) is 8.06. The Balaban J connectivity index is 2.29. The fourth-order valence-electron chi connectivity index (χ4n) is 2.10. The summed E-state index contributed by atoms with van der Waals surface area (Å²) in [6, 6.07) is 5.37. The molecular formula is C17H30N4O2. The van der Waals surface area contributed by atoms with E-state index in [4.69, 9.17) is 4.74 Å². The summed E-state index contributed by atoms with van der Waals surface area (Å²) in [5.74, 6) is 0.767. The third-order valence-corrected chi connectivity index (χ3v) is 3.83. The maximum atomic E-state index is 11.8. The third-order valence-electron chi connectivity index (χ3n) is 3.83. The highest BCUT2D eigenvalue weighted by Gasteiger charge is 2.16. The molecule has 6 heteroatoms. The van der Waals surface area contributed by atoms with Gasteiger partial charge in [-0.3, -0.25) is 9.79 Å². The van der Waals surface area contributed by atoms with Crippen LogP contribution in [0.1, 0.15) is 32.4 Å². The molecule has 0 aliphatic heterocycles. The number of nitrogens with one attached hydrogen (secondary N) is 2. The van der Waals surface area contributed by atoms with Crippen LogP contribution in [0, 0.1) is 6.92 Å². The number of methoxy groups -OCH3 is 1. The monoisotopic (exact) mass is 322 g/mol. The largest absolute Gasteiger partial charge is 0.377 e. The summed E-state index contributed by atoms with van der Waals surface area (Å²) in [5.41, 5.74) is 0.839. The van der Waals surface area contributed by atoms with E-state index in [1.165, 1.54) is 0 Å². The Bertz CT molecular complexity index is 564. The Morgan fingerprint density at radius 1 is 1.30 bits per heavy atom.